The summed E-state index contributed by atoms with van der Waals surface area (Å²) in [5.74, 6) is 0.608. The number of nitrogens with zero attached hydrogens (tertiary/aromatic N) is 2. The molecule has 2 rings (SSSR count). The maximum absolute atomic E-state index is 12.1. The van der Waals surface area contributed by atoms with Crippen LogP contribution in [0, 0.1) is 0 Å². The average Bonchev–Trinajstić information content (AvgIpc) is 2.65. The first kappa shape index (κ1) is 22.3. The zero-order valence-corrected chi connectivity index (χ0v) is 17.9. The highest BCUT2D eigenvalue weighted by atomic mass is 127. The second kappa shape index (κ2) is 11.1. The van der Waals surface area contributed by atoms with Gasteiger partial charge < -0.3 is 10.6 Å². The van der Waals surface area contributed by atoms with Gasteiger partial charge in [-0.2, -0.15) is 0 Å². The van der Waals surface area contributed by atoms with Gasteiger partial charge in [-0.3, -0.25) is 9.98 Å². The Balaban J connectivity index is 0.00000338. The molecule has 0 aliphatic heterocycles. The van der Waals surface area contributed by atoms with E-state index in [1.54, 1.807) is 13.1 Å². The molecule has 0 amide bonds. The molecule has 0 aliphatic rings. The quantitative estimate of drug-likeness (QED) is 0.239. The van der Waals surface area contributed by atoms with E-state index in [1.165, 1.54) is 18.5 Å². The van der Waals surface area contributed by atoms with Crippen molar-refractivity contribution >= 4 is 40.0 Å². The standard InChI is InChI=1S/C17H23N5O2S.HI/c1-14(15-7-4-3-5-8-15)22-17(18-2)20-11-12-21-25(23,24)16-9-6-10-19-13-16;/h3-10,13-14,21H,11-12H2,1-2H3,(H2,18,20,22);1H. The van der Waals surface area contributed by atoms with Crippen LogP contribution in [-0.2, 0) is 10.0 Å². The molecule has 142 valence electrons. The van der Waals surface area contributed by atoms with E-state index < -0.39 is 10.0 Å². The van der Waals surface area contributed by atoms with Gasteiger partial charge in [0.25, 0.3) is 0 Å². The van der Waals surface area contributed by atoms with Gasteiger partial charge in [-0.1, -0.05) is 30.3 Å². The first-order valence-electron chi connectivity index (χ1n) is 7.95. The minimum absolute atomic E-state index is 0. The first-order valence-corrected chi connectivity index (χ1v) is 9.43. The first-order chi connectivity index (χ1) is 12.0. The molecule has 1 aromatic heterocycles. The van der Waals surface area contributed by atoms with Crippen molar-refractivity contribution in [3.8, 4) is 0 Å². The molecule has 26 heavy (non-hydrogen) atoms. The van der Waals surface area contributed by atoms with Crippen molar-refractivity contribution < 1.29 is 8.42 Å². The monoisotopic (exact) mass is 489 g/mol. The summed E-state index contributed by atoms with van der Waals surface area (Å²) in [6, 6.07) is 13.2. The average molecular weight is 489 g/mol. The predicted octanol–water partition coefficient (Wildman–Crippen LogP) is 1.90. The van der Waals surface area contributed by atoms with Crippen molar-refractivity contribution in [3.63, 3.8) is 0 Å². The predicted molar refractivity (Wildman–Crippen MR) is 114 cm³/mol. The van der Waals surface area contributed by atoms with Gasteiger partial charge in [-0.25, -0.2) is 13.1 Å². The summed E-state index contributed by atoms with van der Waals surface area (Å²) in [5.41, 5.74) is 1.14. The van der Waals surface area contributed by atoms with Crippen molar-refractivity contribution in [1.82, 2.24) is 20.3 Å². The number of aliphatic imine (C=N–C) groups is 1. The molecule has 0 fully saturated rings. The lowest BCUT2D eigenvalue weighted by Crippen LogP contribution is -2.42. The fourth-order valence-electron chi connectivity index (χ4n) is 2.18. The maximum Gasteiger partial charge on any atom is 0.242 e. The Morgan fingerprint density at radius 1 is 1.15 bits per heavy atom. The van der Waals surface area contributed by atoms with Crippen LogP contribution in [0.15, 0.2) is 64.7 Å². The number of sulfonamides is 1. The van der Waals surface area contributed by atoms with Gasteiger partial charge in [-0.05, 0) is 24.6 Å². The summed E-state index contributed by atoms with van der Waals surface area (Å²) in [6.45, 7) is 2.67. The molecule has 0 spiro atoms. The number of guanidine groups is 1. The Morgan fingerprint density at radius 2 is 1.88 bits per heavy atom. The smallest absolute Gasteiger partial charge is 0.242 e. The SMILES string of the molecule is CN=C(NCCNS(=O)(=O)c1cccnc1)NC(C)c1ccccc1.I. The third kappa shape index (κ3) is 6.89. The fourth-order valence-corrected chi connectivity index (χ4v) is 3.18. The summed E-state index contributed by atoms with van der Waals surface area (Å²) >= 11 is 0. The molecule has 0 bridgehead atoms. The van der Waals surface area contributed by atoms with Crippen LogP contribution in [0.2, 0.25) is 0 Å². The molecule has 2 aromatic rings. The van der Waals surface area contributed by atoms with Gasteiger partial charge in [0.1, 0.15) is 4.90 Å². The molecule has 1 heterocycles. The van der Waals surface area contributed by atoms with E-state index in [0.717, 1.165) is 5.56 Å². The van der Waals surface area contributed by atoms with Crippen molar-refractivity contribution in [2.45, 2.75) is 17.9 Å². The summed E-state index contributed by atoms with van der Waals surface area (Å²) < 4.78 is 26.7. The molecule has 1 aromatic carbocycles. The van der Waals surface area contributed by atoms with Crippen molar-refractivity contribution in [1.29, 1.82) is 0 Å². The van der Waals surface area contributed by atoms with Gasteiger partial charge >= 0.3 is 0 Å². The number of rotatable bonds is 7. The van der Waals surface area contributed by atoms with Crippen molar-refractivity contribution in [3.05, 3.63) is 60.4 Å². The molecule has 1 atom stereocenters. The second-order valence-electron chi connectivity index (χ2n) is 5.36. The molecule has 0 saturated carbocycles. The lowest BCUT2D eigenvalue weighted by atomic mass is 10.1. The third-order valence-corrected chi connectivity index (χ3v) is 4.98. The maximum atomic E-state index is 12.1. The lowest BCUT2D eigenvalue weighted by Gasteiger charge is -2.18. The number of nitrogens with one attached hydrogen (secondary N) is 3. The molecule has 3 N–H and O–H groups in total. The van der Waals surface area contributed by atoms with E-state index in [9.17, 15) is 8.42 Å². The summed E-state index contributed by atoms with van der Waals surface area (Å²) in [4.78, 5) is 8.12. The largest absolute Gasteiger partial charge is 0.355 e. The highest BCUT2D eigenvalue weighted by Crippen LogP contribution is 2.10. The number of halogens is 1. The van der Waals surface area contributed by atoms with Crippen molar-refractivity contribution in [2.75, 3.05) is 20.1 Å². The number of aromatic nitrogens is 1. The van der Waals surface area contributed by atoms with Gasteiger partial charge in [0.05, 0.1) is 6.04 Å². The van der Waals surface area contributed by atoms with Crippen LogP contribution in [0.25, 0.3) is 0 Å². The van der Waals surface area contributed by atoms with E-state index in [4.69, 9.17) is 0 Å². The lowest BCUT2D eigenvalue weighted by molar-refractivity contribution is 0.579. The van der Waals surface area contributed by atoms with Crippen LogP contribution in [0.5, 0.6) is 0 Å². The van der Waals surface area contributed by atoms with E-state index in [-0.39, 0.29) is 41.5 Å². The van der Waals surface area contributed by atoms with E-state index >= 15 is 0 Å². The van der Waals surface area contributed by atoms with Crippen LogP contribution in [0.3, 0.4) is 0 Å². The molecular formula is C17H24IN5O2S. The molecular weight excluding hydrogens is 465 g/mol. The zero-order chi connectivity index (χ0) is 18.1. The van der Waals surface area contributed by atoms with Crippen molar-refractivity contribution in [2.24, 2.45) is 4.99 Å². The Morgan fingerprint density at radius 3 is 2.50 bits per heavy atom. The van der Waals surface area contributed by atoms with Gasteiger partial charge in [-0.15, -0.1) is 24.0 Å². The molecule has 7 nitrogen and oxygen atoms in total. The second-order valence-corrected chi connectivity index (χ2v) is 7.13. The third-order valence-electron chi connectivity index (χ3n) is 3.53. The zero-order valence-electron chi connectivity index (χ0n) is 14.7. The minimum Gasteiger partial charge on any atom is -0.355 e. The van der Waals surface area contributed by atoms with Gasteiger partial charge in [0, 0.05) is 32.5 Å². The number of benzene rings is 1. The van der Waals surface area contributed by atoms with Gasteiger partial charge in [0.2, 0.25) is 10.0 Å². The van der Waals surface area contributed by atoms with Crippen LogP contribution in [0.1, 0.15) is 18.5 Å². The number of hydrogen-bond acceptors (Lipinski definition) is 4. The van der Waals surface area contributed by atoms with E-state index in [0.29, 0.717) is 12.5 Å². The molecule has 9 heteroatoms. The topological polar surface area (TPSA) is 95.5 Å². The fraction of sp³-hybridized carbons (Fsp3) is 0.294. The molecule has 0 aliphatic carbocycles. The minimum atomic E-state index is -3.54. The van der Waals surface area contributed by atoms with E-state index in [1.807, 2.05) is 37.3 Å². The Labute approximate surface area is 171 Å². The van der Waals surface area contributed by atoms with Crippen LogP contribution < -0.4 is 15.4 Å². The normalized spacial score (nSPS) is 12.8. The number of pyridine rings is 1. The summed E-state index contributed by atoms with van der Waals surface area (Å²) in [7, 11) is -1.87. The van der Waals surface area contributed by atoms with Crippen LogP contribution in [-0.4, -0.2) is 39.5 Å². The Kier molecular flexibility index (Phi) is 9.52. The van der Waals surface area contributed by atoms with Gasteiger partial charge in [0.15, 0.2) is 5.96 Å². The molecule has 0 radical (unpaired) electrons. The number of hydrogen-bond donors (Lipinski definition) is 3. The van der Waals surface area contributed by atoms with Crippen LogP contribution >= 0.6 is 24.0 Å². The highest BCUT2D eigenvalue weighted by Gasteiger charge is 2.13. The Bertz CT molecular complexity index is 785. The Hall–Kier alpha value is -1.72. The van der Waals surface area contributed by atoms with Crippen LogP contribution in [0.4, 0.5) is 0 Å². The van der Waals surface area contributed by atoms with E-state index in [2.05, 4.69) is 25.3 Å². The summed E-state index contributed by atoms with van der Waals surface area (Å²) in [6.07, 6.45) is 2.85. The summed E-state index contributed by atoms with van der Waals surface area (Å²) in [5, 5.41) is 6.35. The molecule has 1 unspecified atom stereocenters. The molecule has 0 saturated heterocycles. The highest BCUT2D eigenvalue weighted by molar-refractivity contribution is 14.0.